The molecule has 4 nitrogen and oxygen atoms in total. The molecule has 0 saturated heterocycles. The molecule has 13 heavy (non-hydrogen) atoms. The predicted octanol–water partition coefficient (Wildman–Crippen LogP) is 1.16. The van der Waals surface area contributed by atoms with Crippen LogP contribution in [0, 0.1) is 0 Å². The highest BCUT2D eigenvalue weighted by Crippen LogP contribution is 2.22. The van der Waals surface area contributed by atoms with E-state index >= 15 is 0 Å². The van der Waals surface area contributed by atoms with Gasteiger partial charge in [0, 0.05) is 17.8 Å². The summed E-state index contributed by atoms with van der Waals surface area (Å²) < 4.78 is 0. The lowest BCUT2D eigenvalue weighted by Crippen LogP contribution is -2.24. The molecule has 0 saturated carbocycles. The molecule has 72 valence electrons. The summed E-state index contributed by atoms with van der Waals surface area (Å²) in [6.07, 6.45) is 0.496. The van der Waals surface area contributed by atoms with Crippen molar-refractivity contribution in [2.75, 3.05) is 0 Å². The second kappa shape index (κ2) is 4.19. The molecule has 1 rings (SSSR count). The molecule has 1 aromatic heterocycles. The molecule has 0 aliphatic heterocycles. The summed E-state index contributed by atoms with van der Waals surface area (Å²) in [7, 11) is 0. The average Bonchev–Trinajstić information content (AvgIpc) is 2.03. The summed E-state index contributed by atoms with van der Waals surface area (Å²) in [6.45, 7) is 1.66. The zero-order valence-electron chi connectivity index (χ0n) is 6.91. The lowest BCUT2D eigenvalue weighted by molar-refractivity contribution is 0.152. The molecule has 0 fully saturated rings. The fourth-order valence-corrected chi connectivity index (χ4v) is 1.25. The van der Waals surface area contributed by atoms with Gasteiger partial charge in [0.1, 0.15) is 5.15 Å². The Morgan fingerprint density at radius 3 is 2.62 bits per heavy atom. The zero-order valence-corrected chi connectivity index (χ0v) is 8.42. The summed E-state index contributed by atoms with van der Waals surface area (Å²) in [5, 5.41) is 9.71. The van der Waals surface area contributed by atoms with Crippen LogP contribution in [0.15, 0.2) is 6.20 Å². The van der Waals surface area contributed by atoms with Gasteiger partial charge in [0.2, 0.25) is 5.28 Å². The predicted molar refractivity (Wildman–Crippen MR) is 50.7 cm³/mol. The molecule has 0 amide bonds. The van der Waals surface area contributed by atoms with Crippen molar-refractivity contribution in [1.29, 1.82) is 0 Å². The fourth-order valence-electron chi connectivity index (χ4n) is 0.832. The molecular formula is C7H9Cl2N3O. The van der Waals surface area contributed by atoms with Crippen molar-refractivity contribution in [3.05, 3.63) is 22.2 Å². The van der Waals surface area contributed by atoms with Gasteiger partial charge in [-0.1, -0.05) is 11.6 Å². The minimum Gasteiger partial charge on any atom is -0.387 e. The molecule has 0 unspecified atom stereocenters. The summed E-state index contributed by atoms with van der Waals surface area (Å²) in [4.78, 5) is 7.38. The topological polar surface area (TPSA) is 72.0 Å². The summed E-state index contributed by atoms with van der Waals surface area (Å²) in [5.41, 5.74) is 5.87. The quantitative estimate of drug-likeness (QED) is 0.581. The molecule has 1 heterocycles. The molecule has 0 aliphatic rings. The highest BCUT2D eigenvalue weighted by atomic mass is 35.5. The number of hydrogen-bond acceptors (Lipinski definition) is 4. The third-order valence-electron chi connectivity index (χ3n) is 1.56. The van der Waals surface area contributed by atoms with Crippen LogP contribution in [0.4, 0.5) is 0 Å². The smallest absolute Gasteiger partial charge is 0.223 e. The second-order valence-corrected chi connectivity index (χ2v) is 3.39. The van der Waals surface area contributed by atoms with Gasteiger partial charge < -0.3 is 10.8 Å². The van der Waals surface area contributed by atoms with Gasteiger partial charge in [-0.25, -0.2) is 9.97 Å². The average molecular weight is 222 g/mol. The SMILES string of the molecule is C[C@@H](N)[C@@H](O)c1cnc(Cl)nc1Cl. The lowest BCUT2D eigenvalue weighted by atomic mass is 10.1. The second-order valence-electron chi connectivity index (χ2n) is 2.69. The number of aliphatic hydroxyl groups excluding tert-OH is 1. The van der Waals surface area contributed by atoms with Crippen LogP contribution in [0.5, 0.6) is 0 Å². The van der Waals surface area contributed by atoms with Crippen LogP contribution in [0.25, 0.3) is 0 Å². The molecule has 1 aromatic rings. The van der Waals surface area contributed by atoms with Crippen molar-refractivity contribution in [2.45, 2.75) is 19.1 Å². The molecule has 0 radical (unpaired) electrons. The van der Waals surface area contributed by atoms with Crippen LogP contribution in [-0.2, 0) is 0 Å². The van der Waals surface area contributed by atoms with Crippen molar-refractivity contribution in [3.8, 4) is 0 Å². The molecular weight excluding hydrogens is 213 g/mol. The number of halogens is 2. The van der Waals surface area contributed by atoms with E-state index in [2.05, 4.69) is 9.97 Å². The van der Waals surface area contributed by atoms with E-state index in [9.17, 15) is 5.11 Å². The fraction of sp³-hybridized carbons (Fsp3) is 0.429. The summed E-state index contributed by atoms with van der Waals surface area (Å²) in [6, 6.07) is -0.428. The van der Waals surface area contributed by atoms with Gasteiger partial charge in [0.15, 0.2) is 0 Å². The number of nitrogens with zero attached hydrogens (tertiary/aromatic N) is 2. The highest BCUT2D eigenvalue weighted by Gasteiger charge is 2.17. The Morgan fingerprint density at radius 1 is 1.54 bits per heavy atom. The van der Waals surface area contributed by atoms with Gasteiger partial charge in [0.25, 0.3) is 0 Å². The van der Waals surface area contributed by atoms with Crippen LogP contribution >= 0.6 is 23.2 Å². The number of aliphatic hydroxyl groups is 1. The minimum absolute atomic E-state index is 0.0469. The first-order valence-corrected chi connectivity index (χ1v) is 4.39. The van der Waals surface area contributed by atoms with Gasteiger partial charge >= 0.3 is 0 Å². The van der Waals surface area contributed by atoms with Crippen molar-refractivity contribution < 1.29 is 5.11 Å². The van der Waals surface area contributed by atoms with Crippen LogP contribution in [0.3, 0.4) is 0 Å². The van der Waals surface area contributed by atoms with Crippen LogP contribution in [0.1, 0.15) is 18.6 Å². The van der Waals surface area contributed by atoms with Crippen LogP contribution in [-0.4, -0.2) is 21.1 Å². The maximum absolute atomic E-state index is 9.54. The lowest BCUT2D eigenvalue weighted by Gasteiger charge is -2.14. The van der Waals surface area contributed by atoms with E-state index in [4.69, 9.17) is 28.9 Å². The van der Waals surface area contributed by atoms with Crippen molar-refractivity contribution >= 4 is 23.2 Å². The van der Waals surface area contributed by atoms with Gasteiger partial charge in [-0.15, -0.1) is 0 Å². The van der Waals surface area contributed by atoms with Gasteiger partial charge in [-0.05, 0) is 18.5 Å². The first kappa shape index (κ1) is 10.7. The summed E-state index contributed by atoms with van der Waals surface area (Å²) >= 11 is 11.2. The monoisotopic (exact) mass is 221 g/mol. The Balaban J connectivity index is 3.01. The third-order valence-corrected chi connectivity index (χ3v) is 2.04. The van der Waals surface area contributed by atoms with Crippen molar-refractivity contribution in [2.24, 2.45) is 5.73 Å². The molecule has 2 atom stereocenters. The number of nitrogens with two attached hydrogens (primary N) is 1. The van der Waals surface area contributed by atoms with Gasteiger partial charge in [0.05, 0.1) is 6.10 Å². The van der Waals surface area contributed by atoms with E-state index in [1.165, 1.54) is 6.20 Å². The number of aromatic nitrogens is 2. The molecule has 0 bridgehead atoms. The largest absolute Gasteiger partial charge is 0.387 e. The standard InChI is InChI=1S/C7H9Cl2N3O/c1-3(10)5(13)4-2-11-7(9)12-6(4)8/h2-3,5,13H,10H2,1H3/t3-,5-/m1/s1. The molecule has 0 spiro atoms. The van der Waals surface area contributed by atoms with Gasteiger partial charge in [-0.3, -0.25) is 0 Å². The van der Waals surface area contributed by atoms with Crippen LogP contribution < -0.4 is 5.73 Å². The van der Waals surface area contributed by atoms with E-state index < -0.39 is 12.1 Å². The zero-order chi connectivity index (χ0) is 10.0. The first-order valence-electron chi connectivity index (χ1n) is 3.64. The Labute approximate surface area is 85.7 Å². The maximum Gasteiger partial charge on any atom is 0.223 e. The Morgan fingerprint density at radius 2 is 2.15 bits per heavy atom. The molecule has 0 aliphatic carbocycles. The van der Waals surface area contributed by atoms with Crippen molar-refractivity contribution in [1.82, 2.24) is 9.97 Å². The van der Waals surface area contributed by atoms with Gasteiger partial charge in [-0.2, -0.15) is 0 Å². The van der Waals surface area contributed by atoms with Crippen LogP contribution in [0.2, 0.25) is 10.4 Å². The number of rotatable bonds is 2. The normalized spacial score (nSPS) is 15.5. The minimum atomic E-state index is -0.871. The molecule has 0 aromatic carbocycles. The number of hydrogen-bond donors (Lipinski definition) is 2. The Hall–Kier alpha value is -0.420. The van der Waals surface area contributed by atoms with E-state index in [-0.39, 0.29) is 10.4 Å². The third kappa shape index (κ3) is 2.51. The van der Waals surface area contributed by atoms with Crippen molar-refractivity contribution in [3.63, 3.8) is 0 Å². The van der Waals surface area contributed by atoms with E-state index in [0.717, 1.165) is 0 Å². The Bertz CT molecular complexity index is 306. The summed E-state index contributed by atoms with van der Waals surface area (Å²) in [5.74, 6) is 0. The van der Waals surface area contributed by atoms with E-state index in [0.29, 0.717) is 5.56 Å². The Kier molecular flexibility index (Phi) is 3.44. The molecule has 3 N–H and O–H groups in total. The molecule has 6 heteroatoms. The van der Waals surface area contributed by atoms with E-state index in [1.54, 1.807) is 6.92 Å². The highest BCUT2D eigenvalue weighted by molar-refractivity contribution is 6.32. The maximum atomic E-state index is 9.54. The first-order chi connectivity index (χ1) is 6.02. The van der Waals surface area contributed by atoms with E-state index in [1.807, 2.05) is 0 Å².